The molecule has 2 nitrogen and oxygen atoms in total. The Morgan fingerprint density at radius 2 is 2.00 bits per heavy atom. The highest BCUT2D eigenvalue weighted by Crippen LogP contribution is 2.22. The molecule has 0 aliphatic rings. The number of hydrogen-bond acceptors (Lipinski definition) is 2. The molecule has 0 fully saturated rings. The molecule has 4 heteroatoms. The lowest BCUT2D eigenvalue weighted by molar-refractivity contribution is 0.289. The van der Waals surface area contributed by atoms with Gasteiger partial charge in [0.05, 0.1) is 0 Å². The van der Waals surface area contributed by atoms with E-state index >= 15 is 0 Å². The van der Waals surface area contributed by atoms with Gasteiger partial charge in [-0.15, -0.1) is 0 Å². The van der Waals surface area contributed by atoms with Crippen molar-refractivity contribution in [2.45, 2.75) is 32.4 Å². The van der Waals surface area contributed by atoms with Crippen LogP contribution in [0.1, 0.15) is 24.5 Å². The first-order valence-corrected chi connectivity index (χ1v) is 7.79. The van der Waals surface area contributed by atoms with E-state index in [0.29, 0.717) is 13.0 Å². The minimum absolute atomic E-state index is 0.0662. The second-order valence-corrected chi connectivity index (χ2v) is 5.87. The predicted molar refractivity (Wildman–Crippen MR) is 86.8 cm³/mol. The van der Waals surface area contributed by atoms with Crippen LogP contribution in [0.2, 0.25) is 0 Å². The molecule has 0 spiro atoms. The first-order chi connectivity index (χ1) is 10.1. The summed E-state index contributed by atoms with van der Waals surface area (Å²) in [5, 5.41) is 0. The maximum Gasteiger partial charge on any atom is 0.165 e. The van der Waals surface area contributed by atoms with Gasteiger partial charge in [0.1, 0.15) is 6.61 Å². The molecule has 2 aromatic rings. The number of halogens is 2. The summed E-state index contributed by atoms with van der Waals surface area (Å²) in [5.74, 6) is -0.0811. The van der Waals surface area contributed by atoms with E-state index in [9.17, 15) is 4.39 Å². The van der Waals surface area contributed by atoms with Crippen LogP contribution in [-0.4, -0.2) is 6.04 Å². The monoisotopic (exact) mass is 351 g/mol. The highest BCUT2D eigenvalue weighted by Gasteiger charge is 2.08. The SMILES string of the molecule is CCC(N)Cc1ccc(OCc2ccccc2Br)c(F)c1. The van der Waals surface area contributed by atoms with Gasteiger partial charge in [0.2, 0.25) is 0 Å². The van der Waals surface area contributed by atoms with Crippen molar-refractivity contribution in [1.82, 2.24) is 0 Å². The van der Waals surface area contributed by atoms with E-state index in [4.69, 9.17) is 10.5 Å². The van der Waals surface area contributed by atoms with E-state index in [1.165, 1.54) is 6.07 Å². The fourth-order valence-corrected chi connectivity index (χ4v) is 2.41. The van der Waals surface area contributed by atoms with Crippen LogP contribution in [0.15, 0.2) is 46.9 Å². The van der Waals surface area contributed by atoms with Crippen molar-refractivity contribution in [2.75, 3.05) is 0 Å². The average molecular weight is 352 g/mol. The van der Waals surface area contributed by atoms with Crippen LogP contribution >= 0.6 is 15.9 Å². The summed E-state index contributed by atoms with van der Waals surface area (Å²) in [5.41, 5.74) is 7.76. The highest BCUT2D eigenvalue weighted by atomic mass is 79.9. The number of ether oxygens (including phenoxy) is 1. The van der Waals surface area contributed by atoms with Crippen molar-refractivity contribution in [3.8, 4) is 5.75 Å². The second kappa shape index (κ2) is 7.57. The van der Waals surface area contributed by atoms with Crippen molar-refractivity contribution in [1.29, 1.82) is 0 Å². The fourth-order valence-electron chi connectivity index (χ4n) is 2.01. The molecule has 0 bridgehead atoms. The fraction of sp³-hybridized carbons (Fsp3) is 0.294. The molecule has 2 aromatic carbocycles. The van der Waals surface area contributed by atoms with Gasteiger partial charge in [-0.1, -0.05) is 47.1 Å². The maximum absolute atomic E-state index is 14.0. The summed E-state index contributed by atoms with van der Waals surface area (Å²) in [7, 11) is 0. The van der Waals surface area contributed by atoms with Crippen molar-refractivity contribution in [2.24, 2.45) is 5.73 Å². The molecular weight excluding hydrogens is 333 g/mol. The Hall–Kier alpha value is -1.39. The average Bonchev–Trinajstić information content (AvgIpc) is 2.48. The summed E-state index contributed by atoms with van der Waals surface area (Å²) in [6.45, 7) is 2.35. The molecule has 0 radical (unpaired) electrons. The Morgan fingerprint density at radius 3 is 2.67 bits per heavy atom. The van der Waals surface area contributed by atoms with Crippen LogP contribution in [0.25, 0.3) is 0 Å². The Kier molecular flexibility index (Phi) is 5.76. The lowest BCUT2D eigenvalue weighted by atomic mass is 10.0. The van der Waals surface area contributed by atoms with E-state index in [-0.39, 0.29) is 17.6 Å². The molecule has 2 rings (SSSR count). The third kappa shape index (κ3) is 4.55. The van der Waals surface area contributed by atoms with Crippen LogP contribution in [0.4, 0.5) is 4.39 Å². The Balaban J connectivity index is 2.03. The molecule has 0 saturated carbocycles. The summed E-state index contributed by atoms with van der Waals surface area (Å²) in [6.07, 6.45) is 1.56. The molecule has 112 valence electrons. The zero-order valence-electron chi connectivity index (χ0n) is 12.0. The Bertz CT molecular complexity index is 603. The zero-order chi connectivity index (χ0) is 15.2. The first-order valence-electron chi connectivity index (χ1n) is 7.00. The van der Waals surface area contributed by atoms with Crippen molar-refractivity contribution >= 4 is 15.9 Å². The number of nitrogens with two attached hydrogens (primary N) is 1. The number of benzene rings is 2. The van der Waals surface area contributed by atoms with Crippen molar-refractivity contribution in [3.63, 3.8) is 0 Å². The molecular formula is C17H19BrFNO. The van der Waals surface area contributed by atoms with Gasteiger partial charge in [0.25, 0.3) is 0 Å². The quantitative estimate of drug-likeness (QED) is 0.834. The van der Waals surface area contributed by atoms with Crippen LogP contribution < -0.4 is 10.5 Å². The molecule has 21 heavy (non-hydrogen) atoms. The van der Waals surface area contributed by atoms with E-state index in [2.05, 4.69) is 15.9 Å². The molecule has 0 aromatic heterocycles. The molecule has 1 unspecified atom stereocenters. The number of hydrogen-bond donors (Lipinski definition) is 1. The maximum atomic E-state index is 14.0. The molecule has 0 amide bonds. The van der Waals surface area contributed by atoms with Crippen LogP contribution in [0.3, 0.4) is 0 Å². The summed E-state index contributed by atoms with van der Waals surface area (Å²) in [4.78, 5) is 0. The second-order valence-electron chi connectivity index (χ2n) is 5.02. The van der Waals surface area contributed by atoms with Gasteiger partial charge >= 0.3 is 0 Å². The minimum Gasteiger partial charge on any atom is -0.486 e. The predicted octanol–water partition coefficient (Wildman–Crippen LogP) is 4.45. The Morgan fingerprint density at radius 1 is 1.24 bits per heavy atom. The topological polar surface area (TPSA) is 35.2 Å². The smallest absolute Gasteiger partial charge is 0.165 e. The summed E-state index contributed by atoms with van der Waals surface area (Å²) in [6, 6.07) is 12.8. The van der Waals surface area contributed by atoms with Crippen molar-refractivity contribution in [3.05, 3.63) is 63.9 Å². The summed E-state index contributed by atoms with van der Waals surface area (Å²) >= 11 is 3.45. The van der Waals surface area contributed by atoms with Gasteiger partial charge in [0.15, 0.2) is 11.6 Å². The molecule has 0 aliphatic carbocycles. The van der Waals surface area contributed by atoms with Crippen LogP contribution in [0, 0.1) is 5.82 Å². The highest BCUT2D eigenvalue weighted by molar-refractivity contribution is 9.10. The number of rotatable bonds is 6. The molecule has 0 saturated heterocycles. The van der Waals surface area contributed by atoms with E-state index in [0.717, 1.165) is 22.0 Å². The van der Waals surface area contributed by atoms with Gasteiger partial charge in [-0.05, 0) is 36.6 Å². The first kappa shape index (κ1) is 16.0. The van der Waals surface area contributed by atoms with Gasteiger partial charge in [-0.2, -0.15) is 0 Å². The molecule has 0 aliphatic heterocycles. The van der Waals surface area contributed by atoms with Crippen molar-refractivity contribution < 1.29 is 9.13 Å². The minimum atomic E-state index is -0.345. The Labute approximate surface area is 133 Å². The summed E-state index contributed by atoms with van der Waals surface area (Å²) < 4.78 is 20.5. The molecule has 0 heterocycles. The molecule has 2 N–H and O–H groups in total. The lowest BCUT2D eigenvalue weighted by Crippen LogP contribution is -2.21. The van der Waals surface area contributed by atoms with Crippen LogP contribution in [0.5, 0.6) is 5.75 Å². The van der Waals surface area contributed by atoms with Gasteiger partial charge < -0.3 is 10.5 Å². The normalized spacial score (nSPS) is 12.2. The van der Waals surface area contributed by atoms with Gasteiger partial charge in [0, 0.05) is 16.1 Å². The largest absolute Gasteiger partial charge is 0.486 e. The van der Waals surface area contributed by atoms with E-state index in [1.54, 1.807) is 6.07 Å². The standard InChI is InChI=1S/C17H19BrFNO/c1-2-14(20)9-12-7-8-17(16(19)10-12)21-11-13-5-3-4-6-15(13)18/h3-8,10,14H,2,9,11,20H2,1H3. The van der Waals surface area contributed by atoms with E-state index in [1.807, 2.05) is 37.3 Å². The van der Waals surface area contributed by atoms with Gasteiger partial charge in [-0.25, -0.2) is 4.39 Å². The zero-order valence-corrected chi connectivity index (χ0v) is 13.6. The lowest BCUT2D eigenvalue weighted by Gasteiger charge is -2.12. The van der Waals surface area contributed by atoms with Crippen LogP contribution in [-0.2, 0) is 13.0 Å². The third-order valence-electron chi connectivity index (χ3n) is 3.36. The molecule has 1 atom stereocenters. The third-order valence-corrected chi connectivity index (χ3v) is 4.13. The van der Waals surface area contributed by atoms with Gasteiger partial charge in [-0.3, -0.25) is 0 Å². The van der Waals surface area contributed by atoms with E-state index < -0.39 is 0 Å².